The van der Waals surface area contributed by atoms with Gasteiger partial charge in [-0.15, -0.1) is 0 Å². The third-order valence-corrected chi connectivity index (χ3v) is 6.52. The van der Waals surface area contributed by atoms with Gasteiger partial charge in [0.05, 0.1) is 17.9 Å². The van der Waals surface area contributed by atoms with Crippen LogP contribution in [0.2, 0.25) is 0 Å². The first-order chi connectivity index (χ1) is 13.7. The zero-order valence-electron chi connectivity index (χ0n) is 16.4. The van der Waals surface area contributed by atoms with E-state index in [1.54, 1.807) is 36.1 Å². The van der Waals surface area contributed by atoms with Gasteiger partial charge in [0.1, 0.15) is 4.90 Å². The first-order valence-corrected chi connectivity index (χ1v) is 11.3. The van der Waals surface area contributed by atoms with Gasteiger partial charge < -0.3 is 9.64 Å². The summed E-state index contributed by atoms with van der Waals surface area (Å²) in [5.41, 5.74) is 1.30. The van der Waals surface area contributed by atoms with E-state index in [0.717, 1.165) is 0 Å². The molecule has 0 spiro atoms. The molecule has 1 amide bonds. The number of anilines is 1. The molecule has 0 bridgehead atoms. The molecular weight excluding hydrogens is 460 g/mol. The van der Waals surface area contributed by atoms with Gasteiger partial charge in [-0.05, 0) is 59.6 Å². The monoisotopic (exact) mass is 482 g/mol. The summed E-state index contributed by atoms with van der Waals surface area (Å²) in [5.74, 6) is -0.623. The smallest absolute Gasteiger partial charge is 0.338 e. The van der Waals surface area contributed by atoms with Crippen LogP contribution in [0.25, 0.3) is 0 Å². The fourth-order valence-electron chi connectivity index (χ4n) is 2.67. The zero-order valence-corrected chi connectivity index (χ0v) is 18.8. The molecule has 156 valence electrons. The molecule has 2 aromatic rings. The van der Waals surface area contributed by atoms with Gasteiger partial charge in [0.25, 0.3) is 10.0 Å². The van der Waals surface area contributed by atoms with Crippen LogP contribution in [0.3, 0.4) is 0 Å². The molecule has 0 atom stereocenters. The number of hydrogen-bond donors (Lipinski definition) is 1. The molecule has 2 rings (SSSR count). The van der Waals surface area contributed by atoms with Crippen LogP contribution in [0.5, 0.6) is 0 Å². The van der Waals surface area contributed by atoms with Crippen molar-refractivity contribution in [2.45, 2.75) is 32.2 Å². The van der Waals surface area contributed by atoms with Gasteiger partial charge in [0, 0.05) is 24.5 Å². The summed E-state index contributed by atoms with van der Waals surface area (Å²) in [6.07, 6.45) is 0. The highest BCUT2D eigenvalue weighted by Crippen LogP contribution is 2.27. The quantitative estimate of drug-likeness (QED) is 0.577. The van der Waals surface area contributed by atoms with Crippen LogP contribution < -0.4 is 4.72 Å². The average molecular weight is 483 g/mol. The van der Waals surface area contributed by atoms with Crippen LogP contribution in [0.1, 0.15) is 36.7 Å². The lowest BCUT2D eigenvalue weighted by Crippen LogP contribution is -2.28. The van der Waals surface area contributed by atoms with Crippen LogP contribution in [0.15, 0.2) is 51.8 Å². The SMILES string of the molecule is CCOC(=O)c1ccc(S(=O)(=O)Nc2ccccc2CN(CC)C(C)=O)c(Br)c1. The number of benzene rings is 2. The number of para-hydroxylation sites is 1. The lowest BCUT2D eigenvalue weighted by atomic mass is 10.1. The molecule has 0 radical (unpaired) electrons. The van der Waals surface area contributed by atoms with E-state index in [0.29, 0.717) is 17.8 Å². The van der Waals surface area contributed by atoms with Crippen molar-refractivity contribution < 1.29 is 22.7 Å². The Labute approximate surface area is 179 Å². The van der Waals surface area contributed by atoms with Crippen molar-refractivity contribution >= 4 is 43.5 Å². The van der Waals surface area contributed by atoms with Crippen LogP contribution in [0, 0.1) is 0 Å². The number of carbonyl (C=O) groups is 2. The van der Waals surface area contributed by atoms with Gasteiger partial charge in [0.2, 0.25) is 5.91 Å². The van der Waals surface area contributed by atoms with Crippen LogP contribution in [-0.2, 0) is 26.1 Å². The summed E-state index contributed by atoms with van der Waals surface area (Å²) in [5, 5.41) is 0. The van der Waals surface area contributed by atoms with Crippen LogP contribution >= 0.6 is 15.9 Å². The maximum atomic E-state index is 12.9. The third-order valence-electron chi connectivity index (χ3n) is 4.18. The van der Waals surface area contributed by atoms with E-state index < -0.39 is 16.0 Å². The van der Waals surface area contributed by atoms with E-state index in [1.807, 2.05) is 6.92 Å². The van der Waals surface area contributed by atoms with Gasteiger partial charge >= 0.3 is 5.97 Å². The van der Waals surface area contributed by atoms with Crippen LogP contribution in [0.4, 0.5) is 5.69 Å². The predicted molar refractivity (Wildman–Crippen MR) is 114 cm³/mol. The number of sulfonamides is 1. The van der Waals surface area contributed by atoms with E-state index in [1.165, 1.54) is 25.1 Å². The largest absolute Gasteiger partial charge is 0.462 e. The predicted octanol–water partition coefficient (Wildman–Crippen LogP) is 3.80. The Morgan fingerprint density at radius 1 is 1.14 bits per heavy atom. The summed E-state index contributed by atoms with van der Waals surface area (Å²) in [7, 11) is -3.94. The lowest BCUT2D eigenvalue weighted by molar-refractivity contribution is -0.129. The maximum absolute atomic E-state index is 12.9. The number of esters is 1. The molecule has 0 aliphatic carbocycles. The molecule has 29 heavy (non-hydrogen) atoms. The minimum absolute atomic E-state index is 0.0146. The van der Waals surface area contributed by atoms with E-state index in [9.17, 15) is 18.0 Å². The van der Waals surface area contributed by atoms with Gasteiger partial charge in [-0.1, -0.05) is 18.2 Å². The highest BCUT2D eigenvalue weighted by Gasteiger charge is 2.21. The fraction of sp³-hybridized carbons (Fsp3) is 0.300. The summed E-state index contributed by atoms with van der Waals surface area (Å²) in [6.45, 7) is 6.04. The maximum Gasteiger partial charge on any atom is 0.338 e. The second-order valence-corrected chi connectivity index (χ2v) is 8.67. The molecule has 0 saturated heterocycles. The molecule has 0 unspecified atom stereocenters. The Morgan fingerprint density at radius 3 is 2.41 bits per heavy atom. The Morgan fingerprint density at radius 2 is 1.83 bits per heavy atom. The standard InChI is InChI=1S/C20H23BrN2O5S/c1-4-23(14(3)24)13-16-8-6-7-9-18(16)22-29(26,27)19-11-10-15(12-17(19)21)20(25)28-5-2/h6-12,22H,4-5,13H2,1-3H3. The van der Waals surface area contributed by atoms with E-state index >= 15 is 0 Å². The average Bonchev–Trinajstić information content (AvgIpc) is 2.66. The number of rotatable bonds is 8. The Hall–Kier alpha value is -2.39. The van der Waals surface area contributed by atoms with Crippen molar-refractivity contribution in [3.63, 3.8) is 0 Å². The van der Waals surface area contributed by atoms with Gasteiger partial charge in [-0.3, -0.25) is 9.52 Å². The number of amides is 1. The second kappa shape index (κ2) is 9.89. The highest BCUT2D eigenvalue weighted by atomic mass is 79.9. The van der Waals surface area contributed by atoms with E-state index in [4.69, 9.17) is 4.74 Å². The molecule has 0 heterocycles. The summed E-state index contributed by atoms with van der Waals surface area (Å²) < 4.78 is 33.6. The molecule has 2 aromatic carbocycles. The van der Waals surface area contributed by atoms with Crippen LogP contribution in [-0.4, -0.2) is 38.3 Å². The van der Waals surface area contributed by atoms with E-state index in [-0.39, 0.29) is 34.0 Å². The molecule has 0 aliphatic heterocycles. The lowest BCUT2D eigenvalue weighted by Gasteiger charge is -2.21. The van der Waals surface area contributed by atoms with Crippen molar-refractivity contribution in [3.05, 3.63) is 58.1 Å². The molecule has 0 aliphatic rings. The minimum Gasteiger partial charge on any atom is -0.462 e. The number of nitrogens with zero attached hydrogens (tertiary/aromatic N) is 1. The summed E-state index contributed by atoms with van der Waals surface area (Å²) in [6, 6.07) is 11.1. The second-order valence-electron chi connectivity index (χ2n) is 6.16. The minimum atomic E-state index is -3.94. The van der Waals surface area contributed by atoms with Gasteiger partial charge in [0.15, 0.2) is 0 Å². The number of nitrogens with one attached hydrogen (secondary N) is 1. The number of hydrogen-bond acceptors (Lipinski definition) is 5. The molecule has 9 heteroatoms. The molecule has 7 nitrogen and oxygen atoms in total. The Bertz CT molecular complexity index is 1010. The number of halogens is 1. The van der Waals surface area contributed by atoms with Gasteiger partial charge in [-0.2, -0.15) is 0 Å². The Balaban J connectivity index is 2.33. The topological polar surface area (TPSA) is 92.8 Å². The van der Waals surface area contributed by atoms with Gasteiger partial charge in [-0.25, -0.2) is 13.2 Å². The number of ether oxygens (including phenoxy) is 1. The molecular formula is C20H23BrN2O5S. The first kappa shape index (κ1) is 22.9. The molecule has 1 N–H and O–H groups in total. The highest BCUT2D eigenvalue weighted by molar-refractivity contribution is 9.10. The van der Waals surface area contributed by atoms with Crippen molar-refractivity contribution in [2.75, 3.05) is 17.9 Å². The van der Waals surface area contributed by atoms with Crippen molar-refractivity contribution in [2.24, 2.45) is 0 Å². The summed E-state index contributed by atoms with van der Waals surface area (Å²) >= 11 is 3.22. The molecule has 0 fully saturated rings. The third kappa shape index (κ3) is 5.80. The van der Waals surface area contributed by atoms with Crippen molar-refractivity contribution in [1.29, 1.82) is 0 Å². The Kier molecular flexibility index (Phi) is 7.80. The van der Waals surface area contributed by atoms with E-state index in [2.05, 4.69) is 20.7 Å². The van der Waals surface area contributed by atoms with Crippen molar-refractivity contribution in [3.8, 4) is 0 Å². The fourth-order valence-corrected chi connectivity index (χ4v) is 4.85. The number of carbonyl (C=O) groups excluding carboxylic acids is 2. The van der Waals surface area contributed by atoms with Crippen molar-refractivity contribution in [1.82, 2.24) is 4.90 Å². The summed E-state index contributed by atoms with van der Waals surface area (Å²) in [4.78, 5) is 25.2. The molecule has 0 aromatic heterocycles. The normalized spacial score (nSPS) is 11.0. The molecule has 0 saturated carbocycles. The first-order valence-electron chi connectivity index (χ1n) is 9.02. The zero-order chi connectivity index (χ0) is 21.6.